The molecule has 0 bridgehead atoms. The average Bonchev–Trinajstić information content (AvgIpc) is 2.87. The van der Waals surface area contributed by atoms with E-state index in [1.165, 1.54) is 6.21 Å². The summed E-state index contributed by atoms with van der Waals surface area (Å²) in [5.41, 5.74) is 5.25. The van der Waals surface area contributed by atoms with Crippen LogP contribution < -0.4 is 5.43 Å². The van der Waals surface area contributed by atoms with Crippen molar-refractivity contribution in [2.75, 3.05) is 0 Å². The van der Waals surface area contributed by atoms with Crippen molar-refractivity contribution in [3.05, 3.63) is 58.6 Å². The number of hydrogen-bond acceptors (Lipinski definition) is 4. The van der Waals surface area contributed by atoms with Crippen molar-refractivity contribution in [3.8, 4) is 0 Å². The molecule has 104 valence electrons. The van der Waals surface area contributed by atoms with Crippen LogP contribution in [0.15, 0.2) is 47.7 Å². The van der Waals surface area contributed by atoms with Gasteiger partial charge in [-0.1, -0.05) is 6.07 Å². The third kappa shape index (κ3) is 3.03. The number of nitrogens with one attached hydrogen (secondary N) is 3. The fourth-order valence-electron chi connectivity index (χ4n) is 1.85. The standard InChI is InChI=1S/C14H11N5OS/c20-13(19-16-8-10-3-1-2-6-15-10)9-4-5-11-12(7-9)18-14(21)17-11/h1-8H,(H,19,20)(H2,17,18,21)/b16-8-. The molecule has 0 saturated carbocycles. The Morgan fingerprint density at radius 3 is 2.90 bits per heavy atom. The van der Waals surface area contributed by atoms with E-state index < -0.39 is 0 Å². The molecule has 1 amide bonds. The van der Waals surface area contributed by atoms with Crippen molar-refractivity contribution in [3.63, 3.8) is 0 Å². The predicted octanol–water partition coefficient (Wildman–Crippen LogP) is 2.38. The Morgan fingerprint density at radius 2 is 2.10 bits per heavy atom. The van der Waals surface area contributed by atoms with Crippen LogP contribution in [0.5, 0.6) is 0 Å². The molecule has 0 fully saturated rings. The van der Waals surface area contributed by atoms with Crippen molar-refractivity contribution in [2.45, 2.75) is 0 Å². The average molecular weight is 297 g/mol. The number of aromatic amines is 2. The predicted molar refractivity (Wildman–Crippen MR) is 82.8 cm³/mol. The van der Waals surface area contributed by atoms with E-state index in [1.54, 1.807) is 30.5 Å². The normalized spacial score (nSPS) is 11.0. The fourth-order valence-corrected chi connectivity index (χ4v) is 2.07. The van der Waals surface area contributed by atoms with Crippen LogP contribution >= 0.6 is 12.2 Å². The maximum atomic E-state index is 12.0. The second-order valence-corrected chi connectivity index (χ2v) is 4.70. The van der Waals surface area contributed by atoms with E-state index in [0.29, 0.717) is 16.0 Å². The molecule has 0 radical (unpaired) electrons. The first-order valence-electron chi connectivity index (χ1n) is 6.19. The Hall–Kier alpha value is -2.80. The largest absolute Gasteiger partial charge is 0.331 e. The van der Waals surface area contributed by atoms with E-state index in [-0.39, 0.29) is 5.91 Å². The monoisotopic (exact) mass is 297 g/mol. The van der Waals surface area contributed by atoms with Crippen LogP contribution in [-0.4, -0.2) is 27.1 Å². The number of H-pyrrole nitrogens is 2. The van der Waals surface area contributed by atoms with Gasteiger partial charge in [0, 0.05) is 11.8 Å². The van der Waals surface area contributed by atoms with Crippen LogP contribution in [0.4, 0.5) is 0 Å². The molecule has 6 nitrogen and oxygen atoms in total. The van der Waals surface area contributed by atoms with E-state index in [0.717, 1.165) is 11.0 Å². The van der Waals surface area contributed by atoms with E-state index >= 15 is 0 Å². The zero-order valence-electron chi connectivity index (χ0n) is 10.8. The molecule has 21 heavy (non-hydrogen) atoms. The van der Waals surface area contributed by atoms with E-state index in [9.17, 15) is 4.79 Å². The molecule has 0 unspecified atom stereocenters. The fraction of sp³-hybridized carbons (Fsp3) is 0. The van der Waals surface area contributed by atoms with Gasteiger partial charge in [-0.25, -0.2) is 5.43 Å². The maximum absolute atomic E-state index is 12.0. The van der Waals surface area contributed by atoms with Gasteiger partial charge in [0.1, 0.15) is 0 Å². The van der Waals surface area contributed by atoms with Crippen molar-refractivity contribution in [1.29, 1.82) is 0 Å². The van der Waals surface area contributed by atoms with Crippen LogP contribution in [0.25, 0.3) is 11.0 Å². The summed E-state index contributed by atoms with van der Waals surface area (Å²) in [6.07, 6.45) is 3.14. The number of rotatable bonds is 3. The quantitative estimate of drug-likeness (QED) is 0.394. The Kier molecular flexibility index (Phi) is 3.57. The molecule has 1 aromatic carbocycles. The zero-order valence-corrected chi connectivity index (χ0v) is 11.6. The molecule has 0 aliphatic rings. The molecule has 3 N–H and O–H groups in total. The first-order chi connectivity index (χ1) is 10.2. The number of aromatic nitrogens is 3. The van der Waals surface area contributed by atoms with Crippen LogP contribution in [0.3, 0.4) is 0 Å². The smallest absolute Gasteiger partial charge is 0.271 e. The molecule has 0 aliphatic heterocycles. The molecule has 0 spiro atoms. The third-order valence-electron chi connectivity index (χ3n) is 2.83. The minimum absolute atomic E-state index is 0.301. The Morgan fingerprint density at radius 1 is 1.24 bits per heavy atom. The number of hydrogen-bond donors (Lipinski definition) is 3. The van der Waals surface area contributed by atoms with Gasteiger partial charge in [0.25, 0.3) is 5.91 Å². The summed E-state index contributed by atoms with van der Waals surface area (Å²) in [6.45, 7) is 0. The van der Waals surface area contributed by atoms with Gasteiger partial charge < -0.3 is 9.97 Å². The molecule has 3 rings (SSSR count). The second kappa shape index (κ2) is 5.68. The lowest BCUT2D eigenvalue weighted by atomic mass is 10.2. The van der Waals surface area contributed by atoms with Gasteiger partial charge in [-0.05, 0) is 42.5 Å². The van der Waals surface area contributed by atoms with Crippen molar-refractivity contribution >= 4 is 35.4 Å². The molecule has 0 aliphatic carbocycles. The number of benzene rings is 1. The summed E-state index contributed by atoms with van der Waals surface area (Å²) in [5.74, 6) is -0.301. The van der Waals surface area contributed by atoms with Crippen LogP contribution in [0.2, 0.25) is 0 Å². The molecule has 0 saturated heterocycles. The lowest BCUT2D eigenvalue weighted by Gasteiger charge is -1.99. The molecule has 2 heterocycles. The van der Waals surface area contributed by atoms with Crippen molar-refractivity contribution in [1.82, 2.24) is 20.4 Å². The number of hydrazone groups is 1. The molecular formula is C14H11N5OS. The number of fused-ring (bicyclic) bond motifs is 1. The van der Waals surface area contributed by atoms with Crippen LogP contribution in [-0.2, 0) is 0 Å². The zero-order chi connectivity index (χ0) is 14.7. The highest BCUT2D eigenvalue weighted by Crippen LogP contribution is 2.12. The first kappa shape index (κ1) is 13.2. The molecular weight excluding hydrogens is 286 g/mol. The van der Waals surface area contributed by atoms with Gasteiger partial charge in [0.05, 0.1) is 22.9 Å². The topological polar surface area (TPSA) is 85.9 Å². The van der Waals surface area contributed by atoms with E-state index in [1.807, 2.05) is 12.1 Å². The van der Waals surface area contributed by atoms with Gasteiger partial charge in [-0.2, -0.15) is 5.10 Å². The molecule has 7 heteroatoms. The number of carbonyl (C=O) groups excluding carboxylic acids is 1. The first-order valence-corrected chi connectivity index (χ1v) is 6.60. The number of imidazole rings is 1. The summed E-state index contributed by atoms with van der Waals surface area (Å²) in [7, 11) is 0. The van der Waals surface area contributed by atoms with Crippen molar-refractivity contribution < 1.29 is 4.79 Å². The maximum Gasteiger partial charge on any atom is 0.271 e. The van der Waals surface area contributed by atoms with Gasteiger partial charge in [0.15, 0.2) is 4.77 Å². The van der Waals surface area contributed by atoms with Crippen molar-refractivity contribution in [2.24, 2.45) is 5.10 Å². The molecule has 2 aromatic heterocycles. The van der Waals surface area contributed by atoms with Gasteiger partial charge in [-0.3, -0.25) is 9.78 Å². The summed E-state index contributed by atoms with van der Waals surface area (Å²) >= 11 is 5.00. The number of carbonyl (C=O) groups is 1. The second-order valence-electron chi connectivity index (χ2n) is 4.29. The Labute approximate surface area is 124 Å². The summed E-state index contributed by atoms with van der Waals surface area (Å²) < 4.78 is 0.524. The Bertz CT molecular complexity index is 866. The third-order valence-corrected chi connectivity index (χ3v) is 3.03. The van der Waals surface area contributed by atoms with E-state index in [4.69, 9.17) is 12.2 Å². The van der Waals surface area contributed by atoms with Crippen LogP contribution in [0.1, 0.15) is 16.1 Å². The lowest BCUT2D eigenvalue weighted by molar-refractivity contribution is 0.0955. The van der Waals surface area contributed by atoms with Gasteiger partial charge in [-0.15, -0.1) is 0 Å². The van der Waals surface area contributed by atoms with Gasteiger partial charge >= 0.3 is 0 Å². The highest BCUT2D eigenvalue weighted by Gasteiger charge is 2.06. The lowest BCUT2D eigenvalue weighted by Crippen LogP contribution is -2.17. The SMILES string of the molecule is O=C(N/N=C\c1ccccn1)c1ccc2[nH]c(=S)[nH]c2c1. The van der Waals surface area contributed by atoms with E-state index in [2.05, 4.69) is 25.5 Å². The molecule has 3 aromatic rings. The highest BCUT2D eigenvalue weighted by atomic mass is 32.1. The number of nitrogens with zero attached hydrogens (tertiary/aromatic N) is 2. The number of amides is 1. The Balaban J connectivity index is 1.74. The van der Waals surface area contributed by atoms with Gasteiger partial charge in [0.2, 0.25) is 0 Å². The summed E-state index contributed by atoms with van der Waals surface area (Å²) in [6, 6.07) is 10.7. The number of pyridine rings is 1. The van der Waals surface area contributed by atoms with Crippen LogP contribution in [0, 0.1) is 4.77 Å². The highest BCUT2D eigenvalue weighted by molar-refractivity contribution is 7.71. The minimum Gasteiger partial charge on any atom is -0.331 e. The summed E-state index contributed by atoms with van der Waals surface area (Å²) in [4.78, 5) is 22.0. The summed E-state index contributed by atoms with van der Waals surface area (Å²) in [5, 5.41) is 3.88. The molecule has 0 atom stereocenters. The minimum atomic E-state index is -0.301.